The van der Waals surface area contributed by atoms with Gasteiger partial charge in [-0.1, -0.05) is 0 Å². The van der Waals surface area contributed by atoms with E-state index in [1.165, 1.54) is 11.3 Å². The van der Waals surface area contributed by atoms with E-state index < -0.39 is 0 Å². The van der Waals surface area contributed by atoms with Crippen molar-refractivity contribution in [1.82, 2.24) is 20.0 Å². The third kappa shape index (κ3) is 2.51. The molecule has 2 aromatic rings. The van der Waals surface area contributed by atoms with E-state index in [-0.39, 0.29) is 11.9 Å². The summed E-state index contributed by atoms with van der Waals surface area (Å²) in [5, 5.41) is 8.14. The molecule has 0 saturated carbocycles. The normalized spacial score (nSPS) is 13.1. The van der Waals surface area contributed by atoms with Crippen LogP contribution in [0.25, 0.3) is 10.2 Å². The molecule has 0 aliphatic heterocycles. The van der Waals surface area contributed by atoms with Crippen molar-refractivity contribution < 1.29 is 4.79 Å². The van der Waals surface area contributed by atoms with Gasteiger partial charge in [0.05, 0.1) is 16.8 Å². The monoisotopic (exact) mass is 295 g/mol. The Bertz CT molecular complexity index is 643. The number of carbonyl (C=O) groups excluding carboxylic acids is 1. The van der Waals surface area contributed by atoms with Crippen molar-refractivity contribution in [3.8, 4) is 0 Å². The largest absolute Gasteiger partial charge is 0.397 e. The molecule has 0 saturated heterocycles. The number of nitrogens with zero attached hydrogens (tertiary/aromatic N) is 3. The maximum atomic E-state index is 12.3. The van der Waals surface area contributed by atoms with Crippen molar-refractivity contribution in [3.05, 3.63) is 10.6 Å². The maximum absolute atomic E-state index is 12.3. The van der Waals surface area contributed by atoms with Crippen LogP contribution in [-0.4, -0.2) is 47.3 Å². The fraction of sp³-hybridized carbons (Fsp3) is 0.538. The van der Waals surface area contributed by atoms with Gasteiger partial charge < -0.3 is 16.0 Å². The van der Waals surface area contributed by atoms with Gasteiger partial charge in [0.1, 0.15) is 9.71 Å². The maximum Gasteiger partial charge on any atom is 0.263 e. The number of hydrogen-bond acceptors (Lipinski definition) is 5. The molecule has 0 aliphatic carbocycles. The third-order valence-electron chi connectivity index (χ3n) is 3.53. The lowest BCUT2D eigenvalue weighted by molar-refractivity contribution is 0.0948. The average Bonchev–Trinajstić information content (AvgIpc) is 2.86. The van der Waals surface area contributed by atoms with Crippen molar-refractivity contribution >= 4 is 33.1 Å². The fourth-order valence-corrected chi connectivity index (χ4v) is 3.10. The summed E-state index contributed by atoms with van der Waals surface area (Å²) < 4.78 is 1.77. The first-order valence-corrected chi connectivity index (χ1v) is 7.30. The number of nitrogens with two attached hydrogens (primary N) is 1. The smallest absolute Gasteiger partial charge is 0.263 e. The van der Waals surface area contributed by atoms with Gasteiger partial charge in [-0.25, -0.2) is 0 Å². The SMILES string of the molecule is Cc1nn(C)c2sc(C(=O)NCC(C)N(C)C)c(N)c12. The molecule has 110 valence electrons. The molecule has 2 aromatic heterocycles. The minimum absolute atomic E-state index is 0.114. The second kappa shape index (κ2) is 5.41. The fourth-order valence-electron chi connectivity index (χ4n) is 2.00. The lowest BCUT2D eigenvalue weighted by Gasteiger charge is -2.19. The highest BCUT2D eigenvalue weighted by molar-refractivity contribution is 7.21. The Morgan fingerprint density at radius 1 is 1.55 bits per heavy atom. The van der Waals surface area contributed by atoms with Crippen molar-refractivity contribution in [2.45, 2.75) is 19.9 Å². The molecule has 6 nitrogen and oxygen atoms in total. The highest BCUT2D eigenvalue weighted by Crippen LogP contribution is 2.35. The Morgan fingerprint density at radius 3 is 2.75 bits per heavy atom. The van der Waals surface area contributed by atoms with Crippen molar-refractivity contribution in [2.24, 2.45) is 7.05 Å². The summed E-state index contributed by atoms with van der Waals surface area (Å²) in [5.41, 5.74) is 7.50. The van der Waals surface area contributed by atoms with Gasteiger partial charge in [-0.15, -0.1) is 11.3 Å². The summed E-state index contributed by atoms with van der Waals surface area (Å²) in [6.07, 6.45) is 0. The Balaban J connectivity index is 2.23. The molecule has 0 aromatic carbocycles. The van der Waals surface area contributed by atoms with Crippen LogP contribution < -0.4 is 11.1 Å². The lowest BCUT2D eigenvalue weighted by Crippen LogP contribution is -2.38. The van der Waals surface area contributed by atoms with Crippen LogP contribution in [0.4, 0.5) is 5.69 Å². The highest BCUT2D eigenvalue weighted by atomic mass is 32.1. The number of nitrogen functional groups attached to an aromatic ring is 1. The number of thiophene rings is 1. The van der Waals surface area contributed by atoms with Gasteiger partial charge in [0.2, 0.25) is 0 Å². The molecular formula is C13H21N5OS. The minimum atomic E-state index is -0.114. The molecule has 0 fully saturated rings. The van der Waals surface area contributed by atoms with Crippen molar-refractivity contribution in [2.75, 3.05) is 26.4 Å². The Hall–Kier alpha value is -1.60. The molecule has 2 rings (SSSR count). The number of likely N-dealkylation sites (N-methyl/N-ethyl adjacent to an activating group) is 1. The van der Waals surface area contributed by atoms with Gasteiger partial charge in [0.25, 0.3) is 5.91 Å². The van der Waals surface area contributed by atoms with Gasteiger partial charge in [0, 0.05) is 19.6 Å². The average molecular weight is 295 g/mol. The van der Waals surface area contributed by atoms with E-state index in [0.29, 0.717) is 17.1 Å². The zero-order valence-corrected chi connectivity index (χ0v) is 13.3. The zero-order chi connectivity index (χ0) is 15.0. The second-order valence-electron chi connectivity index (χ2n) is 5.26. The van der Waals surface area contributed by atoms with Gasteiger partial charge in [-0.3, -0.25) is 9.48 Å². The quantitative estimate of drug-likeness (QED) is 0.889. The molecule has 1 atom stereocenters. The highest BCUT2D eigenvalue weighted by Gasteiger charge is 2.21. The number of anilines is 1. The number of fused-ring (bicyclic) bond motifs is 1. The molecular weight excluding hydrogens is 274 g/mol. The molecule has 20 heavy (non-hydrogen) atoms. The standard InChI is InChI=1S/C13H21N5OS/c1-7(17(3)4)6-15-12(19)11-10(14)9-8(2)16-18(5)13(9)20-11/h7H,6,14H2,1-5H3,(H,15,19). The second-order valence-corrected chi connectivity index (χ2v) is 6.26. The molecule has 7 heteroatoms. The first-order chi connectivity index (χ1) is 9.32. The van der Waals surface area contributed by atoms with Gasteiger partial charge in [-0.2, -0.15) is 5.10 Å². The van der Waals surface area contributed by atoms with Crippen LogP contribution in [-0.2, 0) is 7.05 Å². The summed E-state index contributed by atoms with van der Waals surface area (Å²) in [5.74, 6) is -0.114. The summed E-state index contributed by atoms with van der Waals surface area (Å²) in [4.78, 5) is 15.8. The van der Waals surface area contributed by atoms with E-state index in [4.69, 9.17) is 5.73 Å². The number of hydrogen-bond donors (Lipinski definition) is 2. The van der Waals surface area contributed by atoms with Crippen LogP contribution in [0.1, 0.15) is 22.3 Å². The summed E-state index contributed by atoms with van der Waals surface area (Å²) in [7, 11) is 5.83. The summed E-state index contributed by atoms with van der Waals surface area (Å²) in [6.45, 7) is 4.56. The molecule has 3 N–H and O–H groups in total. The van der Waals surface area contributed by atoms with Gasteiger partial charge >= 0.3 is 0 Å². The van der Waals surface area contributed by atoms with Crippen LogP contribution in [0, 0.1) is 6.92 Å². The Labute approximate surface area is 122 Å². The summed E-state index contributed by atoms with van der Waals surface area (Å²) >= 11 is 1.39. The zero-order valence-electron chi connectivity index (χ0n) is 12.5. The van der Waals surface area contributed by atoms with E-state index in [1.54, 1.807) is 4.68 Å². The number of amides is 1. The molecule has 1 amide bonds. The van der Waals surface area contributed by atoms with Gasteiger partial charge in [0.15, 0.2) is 0 Å². The van der Waals surface area contributed by atoms with Crippen LogP contribution in [0.15, 0.2) is 0 Å². The molecule has 0 spiro atoms. The van der Waals surface area contributed by atoms with E-state index in [9.17, 15) is 4.79 Å². The number of carbonyl (C=O) groups is 1. The van der Waals surface area contributed by atoms with Crippen LogP contribution in [0.5, 0.6) is 0 Å². The number of nitrogens with one attached hydrogen (secondary N) is 1. The third-order valence-corrected chi connectivity index (χ3v) is 4.80. The molecule has 0 bridgehead atoms. The Kier molecular flexibility index (Phi) is 4.01. The van der Waals surface area contributed by atoms with E-state index in [1.807, 2.05) is 28.1 Å². The number of aryl methyl sites for hydroxylation is 2. The number of aromatic nitrogens is 2. The van der Waals surface area contributed by atoms with E-state index in [0.717, 1.165) is 15.9 Å². The van der Waals surface area contributed by atoms with Gasteiger partial charge in [-0.05, 0) is 27.9 Å². The Morgan fingerprint density at radius 2 is 2.20 bits per heavy atom. The first-order valence-electron chi connectivity index (χ1n) is 6.49. The minimum Gasteiger partial charge on any atom is -0.397 e. The first kappa shape index (κ1) is 14.8. The lowest BCUT2D eigenvalue weighted by atomic mass is 10.2. The molecule has 1 unspecified atom stereocenters. The topological polar surface area (TPSA) is 76.2 Å². The van der Waals surface area contributed by atoms with Crippen molar-refractivity contribution in [1.29, 1.82) is 0 Å². The predicted molar refractivity (Wildman–Crippen MR) is 83.2 cm³/mol. The van der Waals surface area contributed by atoms with Crippen LogP contribution in [0.3, 0.4) is 0 Å². The summed E-state index contributed by atoms with van der Waals surface area (Å²) in [6, 6.07) is 0.276. The van der Waals surface area contributed by atoms with Crippen LogP contribution >= 0.6 is 11.3 Å². The van der Waals surface area contributed by atoms with E-state index >= 15 is 0 Å². The number of rotatable bonds is 4. The van der Waals surface area contributed by atoms with E-state index in [2.05, 4.69) is 22.2 Å². The predicted octanol–water partition coefficient (Wildman–Crippen LogP) is 1.21. The molecule has 2 heterocycles. The molecule has 0 aliphatic rings. The molecule has 0 radical (unpaired) electrons. The van der Waals surface area contributed by atoms with Crippen LogP contribution in [0.2, 0.25) is 0 Å². The van der Waals surface area contributed by atoms with Crippen molar-refractivity contribution in [3.63, 3.8) is 0 Å².